The molecule has 21 heavy (non-hydrogen) atoms. The molecule has 5 heteroatoms. The Morgan fingerprint density at radius 3 is 2.71 bits per heavy atom. The predicted octanol–water partition coefficient (Wildman–Crippen LogP) is 4.14. The fraction of sp³-hybridized carbons (Fsp3) is 0.188. The van der Waals surface area contributed by atoms with Gasteiger partial charge in [-0.3, -0.25) is 4.79 Å². The van der Waals surface area contributed by atoms with E-state index in [0.717, 1.165) is 21.3 Å². The number of anilines is 1. The van der Waals surface area contributed by atoms with Crippen LogP contribution in [0.1, 0.15) is 11.1 Å². The smallest absolute Gasteiger partial charge is 0.238 e. The lowest BCUT2D eigenvalue weighted by atomic mass is 10.2. The van der Waals surface area contributed by atoms with Crippen molar-refractivity contribution < 1.29 is 4.79 Å². The van der Waals surface area contributed by atoms with Crippen molar-refractivity contribution >= 4 is 39.1 Å². The van der Waals surface area contributed by atoms with E-state index in [2.05, 4.69) is 26.6 Å². The highest BCUT2D eigenvalue weighted by Crippen LogP contribution is 2.19. The third-order valence-corrected chi connectivity index (χ3v) is 4.26. The number of rotatable bonds is 5. The first-order valence-corrected chi connectivity index (χ1v) is 7.73. The van der Waals surface area contributed by atoms with Crippen molar-refractivity contribution in [3.63, 3.8) is 0 Å². The molecule has 0 spiro atoms. The van der Waals surface area contributed by atoms with Crippen molar-refractivity contribution in [3.8, 4) is 0 Å². The molecule has 0 bridgehead atoms. The van der Waals surface area contributed by atoms with Crippen molar-refractivity contribution in [2.75, 3.05) is 11.9 Å². The summed E-state index contributed by atoms with van der Waals surface area (Å²) in [6.07, 6.45) is 0. The number of halogens is 2. The first-order chi connectivity index (χ1) is 10.1. The summed E-state index contributed by atoms with van der Waals surface area (Å²) in [5.41, 5.74) is 2.85. The van der Waals surface area contributed by atoms with Crippen LogP contribution in [0.4, 0.5) is 5.69 Å². The third-order valence-electron chi connectivity index (χ3n) is 3.00. The van der Waals surface area contributed by atoms with Gasteiger partial charge in [-0.2, -0.15) is 0 Å². The largest absolute Gasteiger partial charge is 0.325 e. The molecule has 110 valence electrons. The van der Waals surface area contributed by atoms with Gasteiger partial charge >= 0.3 is 0 Å². The molecule has 0 aliphatic heterocycles. The van der Waals surface area contributed by atoms with Crippen LogP contribution >= 0.6 is 27.5 Å². The van der Waals surface area contributed by atoms with Crippen LogP contribution in [0.25, 0.3) is 0 Å². The Morgan fingerprint density at radius 2 is 2.00 bits per heavy atom. The second-order valence-electron chi connectivity index (χ2n) is 4.71. The number of nitrogens with one attached hydrogen (secondary N) is 2. The molecule has 1 amide bonds. The number of benzene rings is 2. The lowest BCUT2D eigenvalue weighted by Crippen LogP contribution is -2.27. The van der Waals surface area contributed by atoms with Gasteiger partial charge in [0, 0.05) is 21.7 Å². The number of carbonyl (C=O) groups excluding carboxylic acids is 1. The van der Waals surface area contributed by atoms with Crippen molar-refractivity contribution in [1.29, 1.82) is 0 Å². The molecule has 0 radical (unpaired) electrons. The summed E-state index contributed by atoms with van der Waals surface area (Å²) in [5.74, 6) is -0.0798. The minimum atomic E-state index is -0.0798. The summed E-state index contributed by atoms with van der Waals surface area (Å²) < 4.78 is 1.03. The quantitative estimate of drug-likeness (QED) is 0.834. The van der Waals surface area contributed by atoms with E-state index in [1.54, 1.807) is 0 Å². The van der Waals surface area contributed by atoms with Crippen LogP contribution in [0, 0.1) is 6.92 Å². The molecule has 0 heterocycles. The van der Waals surface area contributed by atoms with Gasteiger partial charge in [0.15, 0.2) is 0 Å². The summed E-state index contributed by atoms with van der Waals surface area (Å²) in [5, 5.41) is 6.64. The topological polar surface area (TPSA) is 41.1 Å². The van der Waals surface area contributed by atoms with E-state index in [-0.39, 0.29) is 12.5 Å². The zero-order chi connectivity index (χ0) is 15.2. The molecule has 3 nitrogen and oxygen atoms in total. The number of carbonyl (C=O) groups is 1. The Bertz CT molecular complexity index is 646. The Labute approximate surface area is 137 Å². The Balaban J connectivity index is 1.82. The van der Waals surface area contributed by atoms with E-state index < -0.39 is 0 Å². The van der Waals surface area contributed by atoms with E-state index in [9.17, 15) is 4.79 Å². The molecule has 0 aliphatic rings. The van der Waals surface area contributed by atoms with Crippen molar-refractivity contribution in [2.24, 2.45) is 0 Å². The molecule has 2 N–H and O–H groups in total. The van der Waals surface area contributed by atoms with Gasteiger partial charge in [-0.1, -0.05) is 45.7 Å². The fourth-order valence-electron chi connectivity index (χ4n) is 1.88. The summed E-state index contributed by atoms with van der Waals surface area (Å²) >= 11 is 9.49. The van der Waals surface area contributed by atoms with Gasteiger partial charge in [-0.05, 0) is 42.3 Å². The Morgan fingerprint density at radius 1 is 1.24 bits per heavy atom. The highest BCUT2D eigenvalue weighted by atomic mass is 79.9. The van der Waals surface area contributed by atoms with Crippen LogP contribution in [-0.2, 0) is 11.3 Å². The zero-order valence-corrected chi connectivity index (χ0v) is 14.0. The van der Waals surface area contributed by atoms with Gasteiger partial charge in [-0.15, -0.1) is 0 Å². The Kier molecular flexibility index (Phi) is 5.79. The van der Waals surface area contributed by atoms with Crippen LogP contribution in [0.3, 0.4) is 0 Å². The minimum absolute atomic E-state index is 0.0798. The molecule has 0 aromatic heterocycles. The van der Waals surface area contributed by atoms with Crippen LogP contribution in [0.5, 0.6) is 0 Å². The lowest BCUT2D eigenvalue weighted by molar-refractivity contribution is -0.115. The monoisotopic (exact) mass is 366 g/mol. The van der Waals surface area contributed by atoms with Crippen LogP contribution in [0.15, 0.2) is 46.9 Å². The van der Waals surface area contributed by atoms with Crippen molar-refractivity contribution in [2.45, 2.75) is 13.5 Å². The number of aryl methyl sites for hydroxylation is 1. The van der Waals surface area contributed by atoms with Crippen LogP contribution < -0.4 is 10.6 Å². The maximum Gasteiger partial charge on any atom is 0.238 e. The lowest BCUT2D eigenvalue weighted by Gasteiger charge is -2.09. The van der Waals surface area contributed by atoms with E-state index in [1.165, 1.54) is 0 Å². The molecule has 0 saturated carbocycles. The van der Waals surface area contributed by atoms with Gasteiger partial charge in [0.1, 0.15) is 0 Å². The van der Waals surface area contributed by atoms with Gasteiger partial charge in [-0.25, -0.2) is 0 Å². The Hall–Kier alpha value is -1.36. The molecular weight excluding hydrogens is 352 g/mol. The first-order valence-electron chi connectivity index (χ1n) is 6.56. The maximum atomic E-state index is 11.9. The average molecular weight is 368 g/mol. The molecule has 2 rings (SSSR count). The van der Waals surface area contributed by atoms with Crippen molar-refractivity contribution in [3.05, 3.63) is 63.1 Å². The molecular formula is C16H16BrClN2O. The summed E-state index contributed by atoms with van der Waals surface area (Å²) in [6, 6.07) is 13.3. The highest BCUT2D eigenvalue weighted by Gasteiger charge is 2.04. The number of hydrogen-bond donors (Lipinski definition) is 2. The summed E-state index contributed by atoms with van der Waals surface area (Å²) in [6.45, 7) is 2.78. The van der Waals surface area contributed by atoms with E-state index in [0.29, 0.717) is 11.6 Å². The van der Waals surface area contributed by atoms with Gasteiger partial charge < -0.3 is 10.6 Å². The van der Waals surface area contributed by atoms with E-state index >= 15 is 0 Å². The second kappa shape index (κ2) is 7.59. The molecule has 0 aliphatic carbocycles. The van der Waals surface area contributed by atoms with Gasteiger partial charge in [0.05, 0.1) is 6.54 Å². The fourth-order valence-corrected chi connectivity index (χ4v) is 2.33. The number of amides is 1. The van der Waals surface area contributed by atoms with Gasteiger partial charge in [0.25, 0.3) is 0 Å². The normalized spacial score (nSPS) is 10.4. The molecule has 0 fully saturated rings. The molecule has 0 unspecified atom stereocenters. The molecule has 0 saturated heterocycles. The summed E-state index contributed by atoms with van der Waals surface area (Å²) in [7, 11) is 0. The highest BCUT2D eigenvalue weighted by molar-refractivity contribution is 9.10. The zero-order valence-electron chi connectivity index (χ0n) is 11.6. The SMILES string of the molecule is Cc1cc(NC(=O)CNCc2ccccc2Cl)ccc1Br. The van der Waals surface area contributed by atoms with E-state index in [1.807, 2.05) is 49.4 Å². The van der Waals surface area contributed by atoms with Crippen LogP contribution in [0.2, 0.25) is 5.02 Å². The first kappa shape index (κ1) is 16.0. The van der Waals surface area contributed by atoms with Crippen LogP contribution in [-0.4, -0.2) is 12.5 Å². The minimum Gasteiger partial charge on any atom is -0.325 e. The van der Waals surface area contributed by atoms with E-state index in [4.69, 9.17) is 11.6 Å². The molecule has 2 aromatic carbocycles. The molecule has 0 atom stereocenters. The molecule has 2 aromatic rings. The maximum absolute atomic E-state index is 11.9. The number of hydrogen-bond acceptors (Lipinski definition) is 2. The summed E-state index contributed by atoms with van der Waals surface area (Å²) in [4.78, 5) is 11.9. The third kappa shape index (κ3) is 4.84. The average Bonchev–Trinajstić information content (AvgIpc) is 2.45. The second-order valence-corrected chi connectivity index (χ2v) is 5.97. The standard InChI is InChI=1S/C16H16BrClN2O/c1-11-8-13(6-7-14(11)17)20-16(21)10-19-9-12-4-2-3-5-15(12)18/h2-8,19H,9-10H2,1H3,(H,20,21). The van der Waals surface area contributed by atoms with Crippen molar-refractivity contribution in [1.82, 2.24) is 5.32 Å². The van der Waals surface area contributed by atoms with Gasteiger partial charge in [0.2, 0.25) is 5.91 Å². The predicted molar refractivity (Wildman–Crippen MR) is 90.7 cm³/mol.